The lowest BCUT2D eigenvalue weighted by Crippen LogP contribution is -2.36. The monoisotopic (exact) mass is 439 g/mol. The first-order chi connectivity index (χ1) is 13.2. The van der Waals surface area contributed by atoms with Crippen LogP contribution in [-0.4, -0.2) is 42.9 Å². The summed E-state index contributed by atoms with van der Waals surface area (Å²) < 4.78 is 11.0. The molecule has 4 rings (SSSR count). The second kappa shape index (κ2) is 9.52. The molecule has 2 heterocycles. The van der Waals surface area contributed by atoms with E-state index in [-0.39, 0.29) is 24.1 Å². The predicted octanol–water partition coefficient (Wildman–Crippen LogP) is 4.47. The average Bonchev–Trinajstić information content (AvgIpc) is 3.10. The van der Waals surface area contributed by atoms with E-state index in [1.165, 1.54) is 11.8 Å². The number of amides is 1. The number of halogens is 2. The molecule has 2 aromatic carbocycles. The molecule has 0 saturated carbocycles. The molecule has 28 heavy (non-hydrogen) atoms. The van der Waals surface area contributed by atoms with Crippen LogP contribution in [0.4, 0.5) is 11.4 Å². The zero-order chi connectivity index (χ0) is 18.6. The van der Waals surface area contributed by atoms with Gasteiger partial charge in [0.15, 0.2) is 5.58 Å². The molecule has 3 aromatic rings. The molecule has 0 bridgehead atoms. The first kappa shape index (κ1) is 20.8. The number of fused-ring (bicyclic) bond motifs is 1. The summed E-state index contributed by atoms with van der Waals surface area (Å²) in [4.78, 5) is 18.8. The molecule has 0 unspecified atom stereocenters. The van der Waals surface area contributed by atoms with Crippen molar-refractivity contribution >= 4 is 64.2 Å². The molecular weight excluding hydrogens is 421 g/mol. The van der Waals surface area contributed by atoms with Crippen molar-refractivity contribution in [2.45, 2.75) is 5.22 Å². The van der Waals surface area contributed by atoms with E-state index in [4.69, 9.17) is 20.8 Å². The highest BCUT2D eigenvalue weighted by molar-refractivity contribution is 7.99. The van der Waals surface area contributed by atoms with Crippen molar-refractivity contribution in [1.82, 2.24) is 4.98 Å². The number of thioether (sulfide) groups is 1. The number of hydrogen-bond acceptors (Lipinski definition) is 6. The molecule has 0 spiro atoms. The summed E-state index contributed by atoms with van der Waals surface area (Å²) in [5, 5.41) is 3.94. The van der Waals surface area contributed by atoms with Crippen LogP contribution in [0.3, 0.4) is 0 Å². The summed E-state index contributed by atoms with van der Waals surface area (Å²) in [6.07, 6.45) is 0. The van der Waals surface area contributed by atoms with Crippen LogP contribution in [0.1, 0.15) is 0 Å². The van der Waals surface area contributed by atoms with Crippen LogP contribution in [0, 0.1) is 0 Å². The Kier molecular flexibility index (Phi) is 7.07. The highest BCUT2D eigenvalue weighted by atomic mass is 35.5. The maximum absolute atomic E-state index is 12.2. The number of nitrogens with zero attached hydrogens (tertiary/aromatic N) is 2. The Bertz CT molecular complexity index is 943. The minimum atomic E-state index is -0.112. The quantitative estimate of drug-likeness (QED) is 0.591. The number of aromatic nitrogens is 1. The summed E-state index contributed by atoms with van der Waals surface area (Å²) in [6.45, 7) is 3.27. The lowest BCUT2D eigenvalue weighted by molar-refractivity contribution is -0.113. The summed E-state index contributed by atoms with van der Waals surface area (Å²) >= 11 is 7.19. The van der Waals surface area contributed by atoms with Gasteiger partial charge in [0.2, 0.25) is 5.91 Å². The van der Waals surface area contributed by atoms with Crippen LogP contribution in [0.2, 0.25) is 5.02 Å². The minimum Gasteiger partial charge on any atom is -0.431 e. The van der Waals surface area contributed by atoms with Gasteiger partial charge in [0, 0.05) is 29.5 Å². The Morgan fingerprint density at radius 3 is 2.68 bits per heavy atom. The third-order valence-corrected chi connectivity index (χ3v) is 5.25. The molecule has 0 radical (unpaired) electrons. The second-order valence-electron chi connectivity index (χ2n) is 6.07. The molecule has 0 atom stereocenters. The molecule has 1 aromatic heterocycles. The lowest BCUT2D eigenvalue weighted by Gasteiger charge is -2.28. The molecule has 1 aliphatic rings. The van der Waals surface area contributed by atoms with Crippen LogP contribution in [0.25, 0.3) is 11.1 Å². The van der Waals surface area contributed by atoms with Crippen molar-refractivity contribution in [3.05, 3.63) is 47.5 Å². The Morgan fingerprint density at radius 2 is 1.93 bits per heavy atom. The van der Waals surface area contributed by atoms with Gasteiger partial charge in [-0.15, -0.1) is 12.4 Å². The van der Waals surface area contributed by atoms with E-state index in [1.807, 2.05) is 24.3 Å². The third kappa shape index (κ3) is 5.11. The number of carbonyl (C=O) groups excluding carboxylic acids is 1. The summed E-state index contributed by atoms with van der Waals surface area (Å²) in [6, 6.07) is 13.1. The molecule has 6 nitrogen and oxygen atoms in total. The predicted molar refractivity (Wildman–Crippen MR) is 115 cm³/mol. The van der Waals surface area contributed by atoms with Crippen LogP contribution >= 0.6 is 35.8 Å². The smallest absolute Gasteiger partial charge is 0.257 e. The van der Waals surface area contributed by atoms with Crippen LogP contribution in [0.5, 0.6) is 0 Å². The normalized spacial score (nSPS) is 14.0. The first-order valence-electron chi connectivity index (χ1n) is 8.59. The standard InChI is InChI=1S/C19H18ClN3O3S.ClH/c20-13-1-6-17-16(11-13)22-19(26-17)27-12-18(24)21-14-2-4-15(5-3-14)23-7-9-25-10-8-23;/h1-6,11H,7-10,12H2,(H,21,24);1H. The van der Waals surface area contributed by atoms with Crippen molar-refractivity contribution < 1.29 is 13.9 Å². The lowest BCUT2D eigenvalue weighted by atomic mass is 10.2. The number of nitrogens with one attached hydrogen (secondary N) is 1. The Balaban J connectivity index is 0.00000225. The molecule has 1 aliphatic heterocycles. The molecule has 1 fully saturated rings. The number of anilines is 2. The fraction of sp³-hybridized carbons (Fsp3) is 0.263. The van der Waals surface area contributed by atoms with Crippen molar-refractivity contribution in [2.24, 2.45) is 0 Å². The van der Waals surface area contributed by atoms with Crippen molar-refractivity contribution in [3.63, 3.8) is 0 Å². The third-order valence-electron chi connectivity index (χ3n) is 4.18. The summed E-state index contributed by atoms with van der Waals surface area (Å²) in [7, 11) is 0. The molecule has 1 saturated heterocycles. The fourth-order valence-electron chi connectivity index (χ4n) is 2.84. The van der Waals surface area contributed by atoms with E-state index in [1.54, 1.807) is 18.2 Å². The number of benzene rings is 2. The molecule has 9 heteroatoms. The Morgan fingerprint density at radius 1 is 1.18 bits per heavy atom. The largest absolute Gasteiger partial charge is 0.431 e. The van der Waals surface area contributed by atoms with Crippen LogP contribution in [-0.2, 0) is 9.53 Å². The number of oxazole rings is 1. The van der Waals surface area contributed by atoms with Gasteiger partial charge in [-0.25, -0.2) is 4.98 Å². The van der Waals surface area contributed by atoms with E-state index in [0.29, 0.717) is 21.3 Å². The van der Waals surface area contributed by atoms with Gasteiger partial charge in [-0.3, -0.25) is 4.79 Å². The van der Waals surface area contributed by atoms with E-state index >= 15 is 0 Å². The SMILES string of the molecule is Cl.O=C(CSc1nc2cc(Cl)ccc2o1)Nc1ccc(N2CCOCC2)cc1. The second-order valence-corrected chi connectivity index (χ2v) is 7.44. The zero-order valence-corrected chi connectivity index (χ0v) is 17.3. The minimum absolute atomic E-state index is 0. The van der Waals surface area contributed by atoms with E-state index < -0.39 is 0 Å². The molecule has 148 valence electrons. The van der Waals surface area contributed by atoms with Crippen LogP contribution < -0.4 is 10.2 Å². The maximum Gasteiger partial charge on any atom is 0.257 e. The highest BCUT2D eigenvalue weighted by Gasteiger charge is 2.12. The number of ether oxygens (including phenoxy) is 1. The van der Waals surface area contributed by atoms with Gasteiger partial charge in [0.25, 0.3) is 5.22 Å². The van der Waals surface area contributed by atoms with Gasteiger partial charge in [-0.2, -0.15) is 0 Å². The fourth-order valence-corrected chi connectivity index (χ4v) is 3.65. The van der Waals surface area contributed by atoms with Gasteiger partial charge < -0.3 is 19.4 Å². The van der Waals surface area contributed by atoms with E-state index in [9.17, 15) is 4.79 Å². The number of hydrogen-bond donors (Lipinski definition) is 1. The van der Waals surface area contributed by atoms with Gasteiger partial charge in [0.1, 0.15) is 5.52 Å². The Hall–Kier alpha value is -1.93. The topological polar surface area (TPSA) is 67.6 Å². The van der Waals surface area contributed by atoms with Gasteiger partial charge in [-0.1, -0.05) is 23.4 Å². The average molecular weight is 440 g/mol. The summed E-state index contributed by atoms with van der Waals surface area (Å²) in [5.41, 5.74) is 3.24. The van der Waals surface area contributed by atoms with Gasteiger partial charge in [0.05, 0.1) is 19.0 Å². The highest BCUT2D eigenvalue weighted by Crippen LogP contribution is 2.26. The molecule has 0 aliphatic carbocycles. The molecular formula is C19H19Cl2N3O3S. The van der Waals surface area contributed by atoms with E-state index in [2.05, 4.69) is 15.2 Å². The molecule has 1 N–H and O–H groups in total. The van der Waals surface area contributed by atoms with Crippen LogP contribution in [0.15, 0.2) is 52.1 Å². The Labute approximate surface area is 178 Å². The maximum atomic E-state index is 12.2. The van der Waals surface area contributed by atoms with Gasteiger partial charge in [-0.05, 0) is 42.5 Å². The van der Waals surface area contributed by atoms with Crippen molar-refractivity contribution in [2.75, 3.05) is 42.3 Å². The number of carbonyl (C=O) groups is 1. The summed E-state index contributed by atoms with van der Waals surface area (Å²) in [5.74, 6) is 0.102. The number of morpholine rings is 1. The van der Waals surface area contributed by atoms with Crippen molar-refractivity contribution in [1.29, 1.82) is 0 Å². The van der Waals surface area contributed by atoms with Gasteiger partial charge >= 0.3 is 0 Å². The van der Waals surface area contributed by atoms with E-state index in [0.717, 1.165) is 37.7 Å². The number of rotatable bonds is 5. The molecule has 1 amide bonds. The zero-order valence-electron chi connectivity index (χ0n) is 14.9. The van der Waals surface area contributed by atoms with Crippen molar-refractivity contribution in [3.8, 4) is 0 Å². The first-order valence-corrected chi connectivity index (χ1v) is 9.95.